The Morgan fingerprint density at radius 1 is 1.25 bits per heavy atom. The van der Waals surface area contributed by atoms with E-state index in [1.165, 1.54) is 12.3 Å². The van der Waals surface area contributed by atoms with Gasteiger partial charge in [-0.15, -0.1) is 0 Å². The van der Waals surface area contributed by atoms with Gasteiger partial charge in [-0.1, -0.05) is 12.8 Å². The quantitative estimate of drug-likeness (QED) is 0.734. The molecule has 2 fully saturated rings. The summed E-state index contributed by atoms with van der Waals surface area (Å²) in [5, 5.41) is 0. The Morgan fingerprint density at radius 2 is 1.96 bits per heavy atom. The topological polar surface area (TPSA) is 108 Å². The second-order valence-corrected chi connectivity index (χ2v) is 8.47. The maximum atomic E-state index is 12.6. The monoisotopic (exact) mass is 354 g/mol. The molecule has 0 spiro atoms. The molecule has 1 aromatic rings. The fraction of sp³-hybridized carbons (Fsp3) is 0.688. The number of H-pyrrole nitrogens is 1. The molecule has 7 nitrogen and oxygen atoms in total. The molecule has 2 aliphatic rings. The van der Waals surface area contributed by atoms with Crippen molar-refractivity contribution in [3.05, 3.63) is 18.0 Å². The predicted octanol–water partition coefficient (Wildman–Crippen LogP) is 1.05. The zero-order chi connectivity index (χ0) is 17.2. The summed E-state index contributed by atoms with van der Waals surface area (Å²) in [6.07, 6.45) is 7.27. The summed E-state index contributed by atoms with van der Waals surface area (Å²) >= 11 is 0. The molecule has 0 aromatic carbocycles. The molecular weight excluding hydrogens is 328 g/mol. The summed E-state index contributed by atoms with van der Waals surface area (Å²) in [5.74, 6) is 0.0459. The molecule has 3 rings (SSSR count). The lowest BCUT2D eigenvalue weighted by Gasteiger charge is -2.30. The van der Waals surface area contributed by atoms with Gasteiger partial charge in [0.2, 0.25) is 10.0 Å². The van der Waals surface area contributed by atoms with Gasteiger partial charge in [-0.05, 0) is 44.2 Å². The van der Waals surface area contributed by atoms with E-state index in [9.17, 15) is 13.2 Å². The fourth-order valence-electron chi connectivity index (χ4n) is 3.66. The van der Waals surface area contributed by atoms with Crippen LogP contribution in [-0.4, -0.2) is 49.9 Å². The molecule has 1 saturated carbocycles. The Balaban J connectivity index is 1.71. The van der Waals surface area contributed by atoms with Gasteiger partial charge in [0.1, 0.15) is 10.6 Å². The van der Waals surface area contributed by atoms with E-state index in [0.29, 0.717) is 12.2 Å². The van der Waals surface area contributed by atoms with Crippen molar-refractivity contribution < 1.29 is 13.2 Å². The van der Waals surface area contributed by atoms with Gasteiger partial charge in [-0.25, -0.2) is 13.1 Å². The van der Waals surface area contributed by atoms with Crippen LogP contribution in [0.3, 0.4) is 0 Å². The van der Waals surface area contributed by atoms with Crippen LogP contribution < -0.4 is 10.5 Å². The molecule has 2 heterocycles. The SMILES string of the molecule is NCC1CCCCC1NS(=O)(=O)c1c[nH]c(C(=O)N2CCCC2)c1. The minimum Gasteiger partial charge on any atom is -0.356 e. The van der Waals surface area contributed by atoms with Crippen molar-refractivity contribution >= 4 is 15.9 Å². The van der Waals surface area contributed by atoms with E-state index in [2.05, 4.69) is 9.71 Å². The number of nitrogens with two attached hydrogens (primary N) is 1. The van der Waals surface area contributed by atoms with E-state index in [1.807, 2.05) is 0 Å². The summed E-state index contributed by atoms with van der Waals surface area (Å²) in [6, 6.07) is 1.31. The largest absolute Gasteiger partial charge is 0.356 e. The molecule has 1 aromatic heterocycles. The Bertz CT molecular complexity index is 679. The number of likely N-dealkylation sites (tertiary alicyclic amines) is 1. The van der Waals surface area contributed by atoms with Gasteiger partial charge in [0, 0.05) is 25.3 Å². The van der Waals surface area contributed by atoms with Crippen molar-refractivity contribution in [2.75, 3.05) is 19.6 Å². The number of nitrogens with one attached hydrogen (secondary N) is 2. The van der Waals surface area contributed by atoms with E-state index in [-0.39, 0.29) is 22.8 Å². The predicted molar refractivity (Wildman–Crippen MR) is 91.1 cm³/mol. The number of aromatic amines is 1. The standard InChI is InChI=1S/C16H26N4O3S/c17-10-12-5-1-2-6-14(12)19-24(22,23)13-9-15(18-11-13)16(21)20-7-3-4-8-20/h9,11-12,14,18-19H,1-8,10,17H2. The molecule has 8 heteroatoms. The zero-order valence-corrected chi connectivity index (χ0v) is 14.6. The third-order valence-electron chi connectivity index (χ3n) is 5.11. The van der Waals surface area contributed by atoms with E-state index < -0.39 is 10.0 Å². The molecule has 2 unspecified atom stereocenters. The molecule has 134 valence electrons. The smallest absolute Gasteiger partial charge is 0.270 e. The van der Waals surface area contributed by atoms with Crippen LogP contribution in [0.2, 0.25) is 0 Å². The molecule has 0 bridgehead atoms. The number of hydrogen-bond acceptors (Lipinski definition) is 4. The van der Waals surface area contributed by atoms with Gasteiger partial charge >= 0.3 is 0 Å². The van der Waals surface area contributed by atoms with Crippen molar-refractivity contribution in [1.82, 2.24) is 14.6 Å². The first-order valence-corrected chi connectivity index (χ1v) is 10.2. The summed E-state index contributed by atoms with van der Waals surface area (Å²) < 4.78 is 28.0. The molecule has 2 atom stereocenters. The highest BCUT2D eigenvalue weighted by atomic mass is 32.2. The van der Waals surface area contributed by atoms with Gasteiger partial charge in [0.25, 0.3) is 5.91 Å². The van der Waals surface area contributed by atoms with Gasteiger partial charge in [-0.2, -0.15) is 0 Å². The van der Waals surface area contributed by atoms with E-state index in [4.69, 9.17) is 5.73 Å². The van der Waals surface area contributed by atoms with Crippen LogP contribution in [0.15, 0.2) is 17.2 Å². The Labute approximate surface area is 143 Å². The van der Waals surface area contributed by atoms with E-state index >= 15 is 0 Å². The molecule has 1 saturated heterocycles. The van der Waals surface area contributed by atoms with Crippen LogP contribution in [0.1, 0.15) is 49.0 Å². The Morgan fingerprint density at radius 3 is 2.67 bits per heavy atom. The zero-order valence-electron chi connectivity index (χ0n) is 13.8. The number of carbonyl (C=O) groups is 1. The molecule has 1 aliphatic carbocycles. The number of sulfonamides is 1. The second kappa shape index (κ2) is 7.25. The maximum absolute atomic E-state index is 12.6. The van der Waals surface area contributed by atoms with Crippen LogP contribution in [0.5, 0.6) is 0 Å². The van der Waals surface area contributed by atoms with Crippen LogP contribution in [0.25, 0.3) is 0 Å². The highest BCUT2D eigenvalue weighted by molar-refractivity contribution is 7.89. The minimum atomic E-state index is -3.65. The third kappa shape index (κ3) is 3.65. The molecule has 4 N–H and O–H groups in total. The van der Waals surface area contributed by atoms with Crippen LogP contribution in [0, 0.1) is 5.92 Å². The molecule has 0 radical (unpaired) electrons. The number of nitrogens with zero attached hydrogens (tertiary/aromatic N) is 1. The Kier molecular flexibility index (Phi) is 5.27. The van der Waals surface area contributed by atoms with Gasteiger partial charge in [0.15, 0.2) is 0 Å². The average molecular weight is 354 g/mol. The first-order chi connectivity index (χ1) is 11.5. The lowest BCUT2D eigenvalue weighted by atomic mass is 9.85. The van der Waals surface area contributed by atoms with Crippen molar-refractivity contribution in [1.29, 1.82) is 0 Å². The number of carbonyl (C=O) groups excluding carboxylic acids is 1. The lowest BCUT2D eigenvalue weighted by Crippen LogP contribution is -2.44. The molecule has 24 heavy (non-hydrogen) atoms. The normalized spacial score (nSPS) is 25.1. The number of aromatic nitrogens is 1. The fourth-order valence-corrected chi connectivity index (χ4v) is 4.99. The van der Waals surface area contributed by atoms with Crippen LogP contribution in [-0.2, 0) is 10.0 Å². The number of amides is 1. The van der Waals surface area contributed by atoms with Gasteiger partial charge in [-0.3, -0.25) is 4.79 Å². The molecule has 1 aliphatic heterocycles. The van der Waals surface area contributed by atoms with Crippen molar-refractivity contribution in [3.8, 4) is 0 Å². The van der Waals surface area contributed by atoms with E-state index in [1.54, 1.807) is 4.90 Å². The van der Waals surface area contributed by atoms with Crippen molar-refractivity contribution in [3.63, 3.8) is 0 Å². The van der Waals surface area contributed by atoms with Gasteiger partial charge in [0.05, 0.1) is 0 Å². The summed E-state index contributed by atoms with van der Waals surface area (Å²) in [4.78, 5) is 17.0. The second-order valence-electron chi connectivity index (χ2n) is 6.76. The maximum Gasteiger partial charge on any atom is 0.270 e. The first kappa shape index (κ1) is 17.4. The summed E-state index contributed by atoms with van der Waals surface area (Å²) in [7, 11) is -3.65. The summed E-state index contributed by atoms with van der Waals surface area (Å²) in [5.41, 5.74) is 6.10. The van der Waals surface area contributed by atoms with Crippen molar-refractivity contribution in [2.24, 2.45) is 11.7 Å². The third-order valence-corrected chi connectivity index (χ3v) is 6.58. The summed E-state index contributed by atoms with van der Waals surface area (Å²) in [6.45, 7) is 1.95. The van der Waals surface area contributed by atoms with Gasteiger partial charge < -0.3 is 15.6 Å². The number of rotatable bonds is 5. The first-order valence-electron chi connectivity index (χ1n) is 8.71. The van der Waals surface area contributed by atoms with Crippen LogP contribution in [0.4, 0.5) is 0 Å². The Hall–Kier alpha value is -1.38. The lowest BCUT2D eigenvalue weighted by molar-refractivity contribution is 0.0787. The number of hydrogen-bond donors (Lipinski definition) is 3. The van der Waals surface area contributed by atoms with Crippen LogP contribution >= 0.6 is 0 Å². The molecule has 1 amide bonds. The van der Waals surface area contributed by atoms with E-state index in [0.717, 1.165) is 51.6 Å². The molecular formula is C16H26N4O3S. The highest BCUT2D eigenvalue weighted by Crippen LogP contribution is 2.25. The minimum absolute atomic E-state index is 0.117. The average Bonchev–Trinajstić information content (AvgIpc) is 3.26. The van der Waals surface area contributed by atoms with Crippen molar-refractivity contribution in [2.45, 2.75) is 49.5 Å². The highest BCUT2D eigenvalue weighted by Gasteiger charge is 2.30.